The molecule has 4 N–H and O–H groups in total. The maximum Gasteiger partial charge on any atom is 0.219 e. The molecule has 0 atom stereocenters. The van der Waals surface area contributed by atoms with Crippen LogP contribution in [0.25, 0.3) is 32.0 Å². The summed E-state index contributed by atoms with van der Waals surface area (Å²) in [5, 5.41) is 0. The van der Waals surface area contributed by atoms with Crippen molar-refractivity contribution < 1.29 is 4.74 Å². The molecule has 3 aromatic heterocycles. The predicted molar refractivity (Wildman–Crippen MR) is 119 cm³/mol. The van der Waals surface area contributed by atoms with E-state index in [1.165, 1.54) is 0 Å². The molecule has 8 nitrogen and oxygen atoms in total. The van der Waals surface area contributed by atoms with E-state index >= 15 is 0 Å². The number of nitrogens with zero attached hydrogens (tertiary/aromatic N) is 5. The quantitative estimate of drug-likeness (QED) is 0.519. The van der Waals surface area contributed by atoms with E-state index in [1.807, 2.05) is 0 Å². The number of aromatic nitrogens is 4. The molecule has 0 spiro atoms. The summed E-state index contributed by atoms with van der Waals surface area (Å²) >= 11 is 1.70. The van der Waals surface area contributed by atoms with Gasteiger partial charge >= 0.3 is 0 Å². The molecule has 5 rings (SSSR count). The fourth-order valence-corrected chi connectivity index (χ4v) is 4.55. The van der Waals surface area contributed by atoms with Gasteiger partial charge in [-0.1, -0.05) is 24.3 Å². The number of nitrogens with two attached hydrogens (primary N) is 2. The highest BCUT2D eigenvalue weighted by molar-refractivity contribution is 7.22. The summed E-state index contributed by atoms with van der Waals surface area (Å²) in [5.74, 6) is 1.74. The van der Waals surface area contributed by atoms with Crippen LogP contribution < -0.4 is 16.4 Å². The number of nitrogen functional groups attached to an aromatic ring is 1. The highest BCUT2D eigenvalue weighted by Crippen LogP contribution is 2.38. The second kappa shape index (κ2) is 7.94. The largest absolute Gasteiger partial charge is 0.378 e. The number of ether oxygens (including phenoxy) is 1. The number of hydrogen-bond donors (Lipinski definition) is 2. The minimum Gasteiger partial charge on any atom is -0.378 e. The molecule has 1 aliphatic rings. The van der Waals surface area contributed by atoms with Crippen molar-refractivity contribution in [1.29, 1.82) is 0 Å². The van der Waals surface area contributed by atoms with Gasteiger partial charge in [0.15, 0.2) is 11.6 Å². The van der Waals surface area contributed by atoms with Gasteiger partial charge < -0.3 is 21.1 Å². The van der Waals surface area contributed by atoms with E-state index in [0.29, 0.717) is 25.6 Å². The molecule has 1 saturated heterocycles. The number of hydrogen-bond acceptors (Lipinski definition) is 9. The molecule has 0 aliphatic carbocycles. The monoisotopic (exact) mass is 419 g/mol. The average Bonchev–Trinajstić information content (AvgIpc) is 3.24. The number of benzene rings is 1. The summed E-state index contributed by atoms with van der Waals surface area (Å²) in [5.41, 5.74) is 15.3. The predicted octanol–water partition coefficient (Wildman–Crippen LogP) is 2.69. The molecule has 4 heterocycles. The van der Waals surface area contributed by atoms with Crippen LogP contribution in [0.1, 0.15) is 5.56 Å². The summed E-state index contributed by atoms with van der Waals surface area (Å²) in [6.07, 6.45) is 3.32. The second-order valence-corrected chi connectivity index (χ2v) is 8.08. The van der Waals surface area contributed by atoms with Crippen LogP contribution in [0.4, 0.5) is 11.8 Å². The Morgan fingerprint density at radius 3 is 2.43 bits per heavy atom. The molecular formula is C21H21N7OS. The maximum atomic E-state index is 5.73. The van der Waals surface area contributed by atoms with E-state index < -0.39 is 0 Å². The van der Waals surface area contributed by atoms with E-state index in [9.17, 15) is 0 Å². The van der Waals surface area contributed by atoms with E-state index in [0.717, 1.165) is 50.7 Å². The van der Waals surface area contributed by atoms with Crippen molar-refractivity contribution in [3.05, 3.63) is 48.3 Å². The second-order valence-electron chi connectivity index (χ2n) is 7.03. The van der Waals surface area contributed by atoms with Gasteiger partial charge in [-0.25, -0.2) is 19.9 Å². The number of anilines is 2. The number of thiophene rings is 1. The lowest BCUT2D eigenvalue weighted by Crippen LogP contribution is -2.36. The molecular weight excluding hydrogens is 398 g/mol. The number of fused-ring (bicyclic) bond motifs is 1. The van der Waals surface area contributed by atoms with Gasteiger partial charge in [-0.3, -0.25) is 0 Å². The van der Waals surface area contributed by atoms with Crippen molar-refractivity contribution in [2.75, 3.05) is 36.9 Å². The minimum absolute atomic E-state index is 0.229. The Hall–Kier alpha value is -3.14. The van der Waals surface area contributed by atoms with E-state index in [4.69, 9.17) is 26.2 Å². The molecule has 1 aliphatic heterocycles. The lowest BCUT2D eigenvalue weighted by Gasteiger charge is -2.28. The first kappa shape index (κ1) is 18.9. The van der Waals surface area contributed by atoms with Crippen molar-refractivity contribution in [1.82, 2.24) is 19.9 Å². The maximum absolute atomic E-state index is 5.73. The van der Waals surface area contributed by atoms with Gasteiger partial charge in [-0.2, -0.15) is 0 Å². The molecule has 0 amide bonds. The van der Waals surface area contributed by atoms with Crippen LogP contribution in [-0.4, -0.2) is 46.2 Å². The Labute approximate surface area is 177 Å². The van der Waals surface area contributed by atoms with Crippen molar-refractivity contribution in [2.45, 2.75) is 6.54 Å². The first-order valence-corrected chi connectivity index (χ1v) is 10.5. The summed E-state index contributed by atoms with van der Waals surface area (Å²) in [4.78, 5) is 21.3. The molecule has 9 heteroatoms. The smallest absolute Gasteiger partial charge is 0.219 e. The lowest BCUT2D eigenvalue weighted by molar-refractivity contribution is 0.122. The Morgan fingerprint density at radius 2 is 1.73 bits per heavy atom. The summed E-state index contributed by atoms with van der Waals surface area (Å²) < 4.78 is 6.60. The Balaban J connectivity index is 1.64. The zero-order valence-electron chi connectivity index (χ0n) is 16.3. The van der Waals surface area contributed by atoms with Gasteiger partial charge in [0.05, 0.1) is 29.0 Å². The Kier molecular flexibility index (Phi) is 4.99. The molecule has 4 aromatic rings. The number of morpholine rings is 1. The third-order valence-electron chi connectivity index (χ3n) is 5.07. The van der Waals surface area contributed by atoms with Crippen molar-refractivity contribution >= 4 is 33.3 Å². The van der Waals surface area contributed by atoms with Gasteiger partial charge in [0, 0.05) is 36.9 Å². The molecule has 0 saturated carbocycles. The first-order valence-electron chi connectivity index (χ1n) is 9.73. The lowest BCUT2D eigenvalue weighted by atomic mass is 10.1. The van der Waals surface area contributed by atoms with Crippen molar-refractivity contribution in [2.24, 2.45) is 5.73 Å². The highest BCUT2D eigenvalue weighted by atomic mass is 32.1. The fraction of sp³-hybridized carbons (Fsp3) is 0.238. The standard InChI is InChI=1S/C21H21N7OS/c22-10-13-1-3-14(4-2-13)17-9-16-18(30-17)20(28-5-7-29-8-6-28)27-19(26-16)15-11-24-21(23)25-12-15/h1-4,9,11-12H,5-8,10,22H2,(H2,23,24,25). The summed E-state index contributed by atoms with van der Waals surface area (Å²) in [6, 6.07) is 10.4. The van der Waals surface area contributed by atoms with Crippen molar-refractivity contribution in [3.8, 4) is 21.8 Å². The zero-order valence-corrected chi connectivity index (χ0v) is 17.1. The Bertz CT molecular complexity index is 1170. The van der Waals surface area contributed by atoms with Crippen LogP contribution in [0.2, 0.25) is 0 Å². The minimum atomic E-state index is 0.229. The summed E-state index contributed by atoms with van der Waals surface area (Å²) in [6.45, 7) is 3.49. The molecule has 1 aromatic carbocycles. The average molecular weight is 420 g/mol. The van der Waals surface area contributed by atoms with Crippen molar-refractivity contribution in [3.63, 3.8) is 0 Å². The molecule has 30 heavy (non-hydrogen) atoms. The molecule has 0 unspecified atom stereocenters. The molecule has 0 radical (unpaired) electrons. The fourth-order valence-electron chi connectivity index (χ4n) is 3.43. The van der Waals surface area contributed by atoms with Gasteiger partial charge in [-0.05, 0) is 17.2 Å². The van der Waals surface area contributed by atoms with Crippen LogP contribution in [0.5, 0.6) is 0 Å². The third-order valence-corrected chi connectivity index (χ3v) is 6.24. The SMILES string of the molecule is NCc1ccc(-c2cc3nc(-c4cnc(N)nc4)nc(N4CCOCC4)c3s2)cc1. The topological polar surface area (TPSA) is 116 Å². The first-order chi connectivity index (χ1) is 14.7. The zero-order chi connectivity index (χ0) is 20.5. The van der Waals surface area contributed by atoms with E-state index in [1.54, 1.807) is 23.7 Å². The van der Waals surface area contributed by atoms with Gasteiger partial charge in [0.2, 0.25) is 5.95 Å². The van der Waals surface area contributed by atoms with E-state index in [-0.39, 0.29) is 5.95 Å². The molecule has 0 bridgehead atoms. The molecule has 1 fully saturated rings. The van der Waals surface area contributed by atoms with Gasteiger partial charge in [-0.15, -0.1) is 11.3 Å². The van der Waals surface area contributed by atoms with Crippen LogP contribution in [0.3, 0.4) is 0 Å². The van der Waals surface area contributed by atoms with Crippen LogP contribution >= 0.6 is 11.3 Å². The summed E-state index contributed by atoms with van der Waals surface area (Å²) in [7, 11) is 0. The van der Waals surface area contributed by atoms with Gasteiger partial charge in [0.1, 0.15) is 0 Å². The third kappa shape index (κ3) is 3.58. The van der Waals surface area contributed by atoms with Gasteiger partial charge in [0.25, 0.3) is 0 Å². The van der Waals surface area contributed by atoms with Crippen LogP contribution in [0, 0.1) is 0 Å². The molecule has 152 valence electrons. The van der Waals surface area contributed by atoms with Crippen LogP contribution in [-0.2, 0) is 11.3 Å². The van der Waals surface area contributed by atoms with E-state index in [2.05, 4.69) is 45.2 Å². The Morgan fingerprint density at radius 1 is 1.00 bits per heavy atom. The normalized spacial score (nSPS) is 14.4. The van der Waals surface area contributed by atoms with Crippen LogP contribution in [0.15, 0.2) is 42.7 Å². The number of rotatable bonds is 4. The highest BCUT2D eigenvalue weighted by Gasteiger charge is 2.20.